The molecule has 0 aliphatic carbocycles. The summed E-state index contributed by atoms with van der Waals surface area (Å²) in [5.41, 5.74) is 2.87. The maximum Gasteiger partial charge on any atom is 0.257 e. The number of rotatable bonds is 3. The largest absolute Gasteiger partial charge is 0.486 e. The van der Waals surface area contributed by atoms with E-state index in [4.69, 9.17) is 9.47 Å². The van der Waals surface area contributed by atoms with E-state index in [1.54, 1.807) is 16.8 Å². The van der Waals surface area contributed by atoms with Crippen LogP contribution in [-0.2, 0) is 6.54 Å². The van der Waals surface area contributed by atoms with Crippen LogP contribution in [0.15, 0.2) is 30.3 Å². The minimum Gasteiger partial charge on any atom is -0.486 e. The lowest BCUT2D eigenvalue weighted by molar-refractivity contribution is 0.102. The highest BCUT2D eigenvalue weighted by atomic mass is 32.1. The molecule has 0 saturated heterocycles. The zero-order chi connectivity index (χ0) is 18.4. The summed E-state index contributed by atoms with van der Waals surface area (Å²) >= 11 is 1.39. The van der Waals surface area contributed by atoms with Crippen LogP contribution in [0.25, 0.3) is 21.3 Å². The smallest absolute Gasteiger partial charge is 0.257 e. The van der Waals surface area contributed by atoms with Crippen molar-refractivity contribution in [3.8, 4) is 11.5 Å². The van der Waals surface area contributed by atoms with Crippen molar-refractivity contribution in [1.29, 1.82) is 0 Å². The maximum atomic E-state index is 12.6. The Morgan fingerprint density at radius 2 is 2.00 bits per heavy atom. The van der Waals surface area contributed by atoms with E-state index in [9.17, 15) is 4.79 Å². The van der Waals surface area contributed by atoms with Crippen molar-refractivity contribution in [1.82, 2.24) is 20.0 Å². The molecule has 2 aromatic carbocycles. The van der Waals surface area contributed by atoms with Crippen molar-refractivity contribution in [3.63, 3.8) is 0 Å². The molecule has 1 amide bonds. The number of aryl methyl sites for hydroxylation is 1. The number of anilines is 1. The molecule has 0 spiro atoms. The molecule has 0 unspecified atom stereocenters. The Bertz CT molecular complexity index is 1140. The predicted molar refractivity (Wildman–Crippen MR) is 102 cm³/mol. The Balaban J connectivity index is 1.43. The summed E-state index contributed by atoms with van der Waals surface area (Å²) in [5.74, 6) is 1.15. The lowest BCUT2D eigenvalue weighted by Gasteiger charge is -2.17. The van der Waals surface area contributed by atoms with E-state index in [2.05, 4.69) is 20.6 Å². The Morgan fingerprint density at radius 1 is 1.19 bits per heavy atom. The first kappa shape index (κ1) is 16.0. The van der Waals surface area contributed by atoms with Gasteiger partial charge in [0.1, 0.15) is 18.7 Å². The van der Waals surface area contributed by atoms with Gasteiger partial charge in [-0.15, -0.1) is 5.10 Å². The molecule has 0 atom stereocenters. The van der Waals surface area contributed by atoms with Crippen LogP contribution in [0.3, 0.4) is 0 Å². The Morgan fingerprint density at radius 3 is 2.81 bits per heavy atom. The quantitative estimate of drug-likeness (QED) is 0.586. The zero-order valence-corrected chi connectivity index (χ0v) is 15.2. The highest BCUT2D eigenvalue weighted by Gasteiger charge is 2.17. The summed E-state index contributed by atoms with van der Waals surface area (Å²) in [5, 5.41) is 11.6. The van der Waals surface area contributed by atoms with Crippen LogP contribution in [0, 0.1) is 0 Å². The van der Waals surface area contributed by atoms with Crippen molar-refractivity contribution < 1.29 is 14.3 Å². The SMILES string of the molecule is CCn1nnc2cc(C(=O)Nc3nc4cc5c(cc4s3)OCCO5)ccc21. The predicted octanol–water partition coefficient (Wildman–Crippen LogP) is 3.08. The minimum atomic E-state index is -0.237. The summed E-state index contributed by atoms with van der Waals surface area (Å²) in [6, 6.07) is 9.09. The number of nitrogens with one attached hydrogen (secondary N) is 1. The van der Waals surface area contributed by atoms with E-state index in [1.807, 2.05) is 25.1 Å². The summed E-state index contributed by atoms with van der Waals surface area (Å²) in [6.45, 7) is 3.78. The number of ether oxygens (including phenoxy) is 2. The highest BCUT2D eigenvalue weighted by Crippen LogP contribution is 2.37. The molecule has 0 bridgehead atoms. The van der Waals surface area contributed by atoms with Gasteiger partial charge in [0.25, 0.3) is 5.91 Å². The molecule has 27 heavy (non-hydrogen) atoms. The Kier molecular flexibility index (Phi) is 3.68. The fraction of sp³-hybridized carbons (Fsp3) is 0.222. The minimum absolute atomic E-state index is 0.237. The van der Waals surface area contributed by atoms with Gasteiger partial charge in [0.05, 0.1) is 15.7 Å². The number of hydrogen-bond acceptors (Lipinski definition) is 7. The summed E-state index contributed by atoms with van der Waals surface area (Å²) in [6.07, 6.45) is 0. The van der Waals surface area contributed by atoms with E-state index in [1.165, 1.54) is 11.3 Å². The molecule has 9 heteroatoms. The van der Waals surface area contributed by atoms with Gasteiger partial charge in [-0.1, -0.05) is 16.6 Å². The molecule has 5 rings (SSSR count). The molecule has 2 aromatic heterocycles. The number of fused-ring (bicyclic) bond motifs is 3. The second kappa shape index (κ2) is 6.20. The first-order chi connectivity index (χ1) is 13.2. The standard InChI is InChI=1S/C18H15N5O3S/c1-2-23-13-4-3-10(7-11(13)21-22-23)17(24)20-18-19-12-8-14-15(9-16(12)27-18)26-6-5-25-14/h3-4,7-9H,2,5-6H2,1H3,(H,19,20,24). The third-order valence-corrected chi connectivity index (χ3v) is 5.28. The fourth-order valence-corrected chi connectivity index (χ4v) is 3.91. The van der Waals surface area contributed by atoms with Crippen LogP contribution < -0.4 is 14.8 Å². The van der Waals surface area contributed by atoms with E-state index in [0.29, 0.717) is 40.9 Å². The number of thiazole rings is 1. The zero-order valence-electron chi connectivity index (χ0n) is 14.4. The van der Waals surface area contributed by atoms with Gasteiger partial charge >= 0.3 is 0 Å². The number of benzene rings is 2. The van der Waals surface area contributed by atoms with Crippen LogP contribution in [0.2, 0.25) is 0 Å². The average molecular weight is 381 g/mol. The molecule has 1 aliphatic rings. The monoisotopic (exact) mass is 381 g/mol. The van der Waals surface area contributed by atoms with Gasteiger partial charge in [-0.25, -0.2) is 9.67 Å². The summed E-state index contributed by atoms with van der Waals surface area (Å²) < 4.78 is 13.9. The van der Waals surface area contributed by atoms with Crippen molar-refractivity contribution in [3.05, 3.63) is 35.9 Å². The summed E-state index contributed by atoms with van der Waals surface area (Å²) in [4.78, 5) is 17.1. The normalized spacial score (nSPS) is 13.2. The summed E-state index contributed by atoms with van der Waals surface area (Å²) in [7, 11) is 0. The number of aromatic nitrogens is 4. The molecular formula is C18H15N5O3S. The number of carbonyl (C=O) groups is 1. The molecule has 136 valence electrons. The van der Waals surface area contributed by atoms with Crippen molar-refractivity contribution in [2.24, 2.45) is 0 Å². The van der Waals surface area contributed by atoms with E-state index < -0.39 is 0 Å². The van der Waals surface area contributed by atoms with E-state index in [-0.39, 0.29) is 5.91 Å². The third kappa shape index (κ3) is 2.76. The second-order valence-corrected chi connectivity index (χ2v) is 7.08. The maximum absolute atomic E-state index is 12.6. The lowest BCUT2D eigenvalue weighted by atomic mass is 10.2. The third-order valence-electron chi connectivity index (χ3n) is 4.35. The van der Waals surface area contributed by atoms with E-state index >= 15 is 0 Å². The molecule has 4 aromatic rings. The fourth-order valence-electron chi connectivity index (χ4n) is 3.03. The van der Waals surface area contributed by atoms with E-state index in [0.717, 1.165) is 22.3 Å². The van der Waals surface area contributed by atoms with Gasteiger partial charge < -0.3 is 9.47 Å². The lowest BCUT2D eigenvalue weighted by Crippen LogP contribution is -2.15. The van der Waals surface area contributed by atoms with Gasteiger partial charge in [0.2, 0.25) is 0 Å². The van der Waals surface area contributed by atoms with Gasteiger partial charge in [0.15, 0.2) is 16.6 Å². The molecule has 3 heterocycles. The first-order valence-electron chi connectivity index (χ1n) is 8.56. The van der Waals surface area contributed by atoms with Crippen molar-refractivity contribution >= 4 is 43.6 Å². The molecule has 0 radical (unpaired) electrons. The Hall–Kier alpha value is -3.20. The average Bonchev–Trinajstić information content (AvgIpc) is 3.27. The molecule has 0 saturated carbocycles. The van der Waals surface area contributed by atoms with Crippen LogP contribution in [0.5, 0.6) is 11.5 Å². The molecule has 8 nitrogen and oxygen atoms in total. The molecular weight excluding hydrogens is 366 g/mol. The van der Waals surface area contributed by atoms with Gasteiger partial charge in [-0.2, -0.15) is 0 Å². The van der Waals surface area contributed by atoms with Crippen LogP contribution >= 0.6 is 11.3 Å². The number of hydrogen-bond donors (Lipinski definition) is 1. The van der Waals surface area contributed by atoms with Gasteiger partial charge in [-0.3, -0.25) is 10.1 Å². The van der Waals surface area contributed by atoms with Crippen molar-refractivity contribution in [2.75, 3.05) is 18.5 Å². The second-order valence-electron chi connectivity index (χ2n) is 6.05. The van der Waals surface area contributed by atoms with Gasteiger partial charge in [0, 0.05) is 24.2 Å². The van der Waals surface area contributed by atoms with Crippen molar-refractivity contribution in [2.45, 2.75) is 13.5 Å². The van der Waals surface area contributed by atoms with Gasteiger partial charge in [-0.05, 0) is 25.1 Å². The highest BCUT2D eigenvalue weighted by molar-refractivity contribution is 7.22. The Labute approximate surface area is 157 Å². The number of amides is 1. The first-order valence-corrected chi connectivity index (χ1v) is 9.37. The number of carbonyl (C=O) groups excluding carboxylic acids is 1. The van der Waals surface area contributed by atoms with Crippen LogP contribution in [0.1, 0.15) is 17.3 Å². The number of nitrogens with zero attached hydrogens (tertiary/aromatic N) is 4. The molecule has 1 N–H and O–H groups in total. The van der Waals surface area contributed by atoms with Crippen LogP contribution in [-0.4, -0.2) is 39.1 Å². The molecule has 1 aliphatic heterocycles. The molecule has 0 fully saturated rings. The topological polar surface area (TPSA) is 91.2 Å². The van der Waals surface area contributed by atoms with Crippen LogP contribution in [0.4, 0.5) is 5.13 Å².